The minimum Gasteiger partial charge on any atom is -0.468 e. The van der Waals surface area contributed by atoms with E-state index in [1.807, 2.05) is 0 Å². The van der Waals surface area contributed by atoms with Crippen molar-refractivity contribution < 1.29 is 22.0 Å². The van der Waals surface area contributed by atoms with Crippen LogP contribution in [0.3, 0.4) is 0 Å². The van der Waals surface area contributed by atoms with Crippen LogP contribution >= 0.6 is 0 Å². The molecule has 1 aromatic heterocycles. The zero-order chi connectivity index (χ0) is 20.1. The summed E-state index contributed by atoms with van der Waals surface area (Å²) in [6.45, 7) is 1.70. The molecule has 8 heteroatoms. The number of carbonyl (C=O) groups excluding carboxylic acids is 1. The molecule has 3 rings (SSSR count). The number of carbonyl (C=O) groups is 1. The number of sulfonamides is 1. The van der Waals surface area contributed by atoms with Gasteiger partial charge in [0, 0.05) is 17.7 Å². The number of benzene rings is 2. The van der Waals surface area contributed by atoms with E-state index in [0.717, 1.165) is 0 Å². The van der Waals surface area contributed by atoms with Crippen molar-refractivity contribution in [3.8, 4) is 0 Å². The van der Waals surface area contributed by atoms with E-state index in [0.29, 0.717) is 16.9 Å². The maximum absolute atomic E-state index is 13.7. The number of hydrogen-bond acceptors (Lipinski definition) is 4. The molecule has 6 nitrogen and oxygen atoms in total. The lowest BCUT2D eigenvalue weighted by atomic mass is 10.1. The van der Waals surface area contributed by atoms with Gasteiger partial charge in [-0.3, -0.25) is 4.79 Å². The molecule has 146 valence electrons. The molecule has 1 amide bonds. The van der Waals surface area contributed by atoms with Crippen LogP contribution in [0.1, 0.15) is 27.2 Å². The van der Waals surface area contributed by atoms with Crippen LogP contribution < -0.4 is 10.0 Å². The first kappa shape index (κ1) is 19.8. The van der Waals surface area contributed by atoms with Crippen molar-refractivity contribution in [2.75, 3.05) is 0 Å². The number of aryl methyl sites for hydroxylation is 1. The molecule has 0 aliphatic heterocycles. The lowest BCUT2D eigenvalue weighted by Crippen LogP contribution is -2.26. The quantitative estimate of drug-likeness (QED) is 0.636. The van der Waals surface area contributed by atoms with Crippen LogP contribution in [0.5, 0.6) is 0 Å². The van der Waals surface area contributed by atoms with E-state index in [4.69, 9.17) is 4.42 Å². The second kappa shape index (κ2) is 8.37. The average Bonchev–Trinajstić information content (AvgIpc) is 3.19. The Kier molecular flexibility index (Phi) is 5.91. The van der Waals surface area contributed by atoms with Crippen LogP contribution in [0.4, 0.5) is 4.39 Å². The third-order valence-electron chi connectivity index (χ3n) is 4.18. The largest absolute Gasteiger partial charge is 0.468 e. The molecule has 1 heterocycles. The fourth-order valence-electron chi connectivity index (χ4n) is 2.59. The van der Waals surface area contributed by atoms with E-state index in [-0.39, 0.29) is 23.5 Å². The summed E-state index contributed by atoms with van der Waals surface area (Å²) in [6, 6.07) is 13.7. The van der Waals surface area contributed by atoms with Gasteiger partial charge in [-0.25, -0.2) is 17.5 Å². The molecule has 2 aromatic carbocycles. The van der Waals surface area contributed by atoms with E-state index in [1.54, 1.807) is 43.3 Å². The van der Waals surface area contributed by atoms with Crippen molar-refractivity contribution in [2.24, 2.45) is 0 Å². The van der Waals surface area contributed by atoms with E-state index < -0.39 is 21.7 Å². The molecule has 0 aliphatic carbocycles. The van der Waals surface area contributed by atoms with Gasteiger partial charge in [0.2, 0.25) is 10.0 Å². The number of rotatable bonds is 7. The van der Waals surface area contributed by atoms with Crippen LogP contribution in [0.2, 0.25) is 0 Å². The molecule has 3 aromatic rings. The minimum atomic E-state index is -3.83. The van der Waals surface area contributed by atoms with Crippen molar-refractivity contribution in [3.63, 3.8) is 0 Å². The molecule has 0 radical (unpaired) electrons. The van der Waals surface area contributed by atoms with Gasteiger partial charge < -0.3 is 9.73 Å². The van der Waals surface area contributed by atoms with Gasteiger partial charge >= 0.3 is 0 Å². The van der Waals surface area contributed by atoms with Crippen molar-refractivity contribution in [2.45, 2.75) is 24.9 Å². The molecule has 0 bridgehead atoms. The molecule has 2 N–H and O–H groups in total. The van der Waals surface area contributed by atoms with Crippen molar-refractivity contribution in [1.82, 2.24) is 10.0 Å². The Morgan fingerprint density at radius 2 is 1.86 bits per heavy atom. The number of hydrogen-bond donors (Lipinski definition) is 2. The predicted molar refractivity (Wildman–Crippen MR) is 101 cm³/mol. The lowest BCUT2D eigenvalue weighted by Gasteiger charge is -2.11. The van der Waals surface area contributed by atoms with Crippen LogP contribution in [0.15, 0.2) is 70.2 Å². The lowest BCUT2D eigenvalue weighted by molar-refractivity contribution is 0.0949. The summed E-state index contributed by atoms with van der Waals surface area (Å²) in [5, 5.41) is 2.62. The molecule has 0 spiro atoms. The van der Waals surface area contributed by atoms with Crippen LogP contribution in [-0.4, -0.2) is 14.3 Å². The highest BCUT2D eigenvalue weighted by molar-refractivity contribution is 7.89. The summed E-state index contributed by atoms with van der Waals surface area (Å²) in [6.07, 6.45) is 1.45. The topological polar surface area (TPSA) is 88.4 Å². The third kappa shape index (κ3) is 4.65. The van der Waals surface area contributed by atoms with E-state index >= 15 is 0 Å². The first-order valence-corrected chi connectivity index (χ1v) is 9.99. The first-order valence-electron chi connectivity index (χ1n) is 8.51. The van der Waals surface area contributed by atoms with Crippen LogP contribution in [0.25, 0.3) is 0 Å². The highest BCUT2D eigenvalue weighted by atomic mass is 32.2. The Morgan fingerprint density at radius 1 is 1.07 bits per heavy atom. The zero-order valence-electron chi connectivity index (χ0n) is 15.1. The molecule has 0 unspecified atom stereocenters. The molecule has 28 heavy (non-hydrogen) atoms. The number of amides is 1. The van der Waals surface area contributed by atoms with Gasteiger partial charge in [0.25, 0.3) is 5.91 Å². The summed E-state index contributed by atoms with van der Waals surface area (Å²) < 4.78 is 46.2. The van der Waals surface area contributed by atoms with E-state index in [2.05, 4.69) is 10.0 Å². The molecule has 0 fully saturated rings. The van der Waals surface area contributed by atoms with Crippen LogP contribution in [-0.2, 0) is 23.1 Å². The van der Waals surface area contributed by atoms with Gasteiger partial charge in [0.05, 0.1) is 17.7 Å². The Labute approximate surface area is 162 Å². The Hall–Kier alpha value is -2.97. The number of halogens is 1. The van der Waals surface area contributed by atoms with E-state index in [1.165, 1.54) is 24.5 Å². The van der Waals surface area contributed by atoms with Gasteiger partial charge in [-0.05, 0) is 42.8 Å². The maximum Gasteiger partial charge on any atom is 0.251 e. The van der Waals surface area contributed by atoms with Gasteiger partial charge in [-0.15, -0.1) is 0 Å². The van der Waals surface area contributed by atoms with Gasteiger partial charge in [-0.2, -0.15) is 0 Å². The predicted octanol–water partition coefficient (Wildman–Crippen LogP) is 3.14. The number of nitrogens with one attached hydrogen (secondary N) is 2. The fourth-order valence-corrected chi connectivity index (χ4v) is 3.61. The second-order valence-electron chi connectivity index (χ2n) is 6.15. The minimum absolute atomic E-state index is 0.00132. The normalized spacial score (nSPS) is 11.4. The van der Waals surface area contributed by atoms with Crippen molar-refractivity contribution in [3.05, 3.63) is 89.1 Å². The highest BCUT2D eigenvalue weighted by Gasteiger charge is 2.18. The monoisotopic (exact) mass is 402 g/mol. The van der Waals surface area contributed by atoms with Gasteiger partial charge in [0.1, 0.15) is 11.6 Å². The van der Waals surface area contributed by atoms with Crippen molar-refractivity contribution >= 4 is 15.9 Å². The average molecular weight is 402 g/mol. The smallest absolute Gasteiger partial charge is 0.251 e. The first-order chi connectivity index (χ1) is 13.4. The van der Waals surface area contributed by atoms with Gasteiger partial charge in [0.15, 0.2) is 0 Å². The number of furan rings is 1. The Bertz CT molecular complexity index is 1080. The third-order valence-corrected chi connectivity index (χ3v) is 5.58. The molecule has 0 atom stereocenters. The Morgan fingerprint density at radius 3 is 2.57 bits per heavy atom. The summed E-state index contributed by atoms with van der Waals surface area (Å²) in [5.41, 5.74) is 1.16. The summed E-state index contributed by atoms with van der Waals surface area (Å²) in [5.74, 6) is -0.430. The SMILES string of the molecule is Cc1ccc(S(=O)(=O)NCc2ccco2)cc1C(=O)NCc1ccccc1F. The van der Waals surface area contributed by atoms with E-state index in [9.17, 15) is 17.6 Å². The standard InChI is InChI=1S/C20H19FN2O4S/c1-14-8-9-17(28(25,26)23-13-16-6-4-10-27-16)11-18(14)20(24)22-12-15-5-2-3-7-19(15)21/h2-11,23H,12-13H2,1H3,(H,22,24). The highest BCUT2D eigenvalue weighted by Crippen LogP contribution is 2.17. The summed E-state index contributed by atoms with van der Waals surface area (Å²) in [4.78, 5) is 12.5. The molecular weight excluding hydrogens is 383 g/mol. The maximum atomic E-state index is 13.7. The molecule has 0 saturated heterocycles. The van der Waals surface area contributed by atoms with Gasteiger partial charge in [-0.1, -0.05) is 24.3 Å². The summed E-state index contributed by atoms with van der Waals surface area (Å²) >= 11 is 0. The Balaban J connectivity index is 1.74. The van der Waals surface area contributed by atoms with Crippen molar-refractivity contribution in [1.29, 1.82) is 0 Å². The van der Waals surface area contributed by atoms with Crippen LogP contribution in [0, 0.1) is 12.7 Å². The fraction of sp³-hybridized carbons (Fsp3) is 0.150. The zero-order valence-corrected chi connectivity index (χ0v) is 15.9. The molecule has 0 aliphatic rings. The summed E-state index contributed by atoms with van der Waals surface area (Å²) in [7, 11) is -3.83. The second-order valence-corrected chi connectivity index (χ2v) is 7.92. The molecular formula is C20H19FN2O4S. The molecule has 0 saturated carbocycles.